The number of carbonyl (C=O) groups is 2. The van der Waals surface area contributed by atoms with Crippen LogP contribution in [0.4, 0.5) is 4.79 Å². The van der Waals surface area contributed by atoms with Crippen molar-refractivity contribution in [2.75, 3.05) is 26.9 Å². The maximum Gasteiger partial charge on any atom is 0.408 e. The van der Waals surface area contributed by atoms with Crippen LogP contribution in [-0.4, -0.2) is 50.6 Å². The van der Waals surface area contributed by atoms with Crippen molar-refractivity contribution in [3.63, 3.8) is 0 Å². The van der Waals surface area contributed by atoms with Gasteiger partial charge in [-0.25, -0.2) is 9.59 Å². The molecule has 18 heavy (non-hydrogen) atoms. The minimum Gasteiger partial charge on any atom is -0.467 e. The first kappa shape index (κ1) is 16.7. The number of amides is 1. The van der Waals surface area contributed by atoms with E-state index in [-0.39, 0.29) is 6.61 Å². The number of carbonyl (C=O) groups excluding carboxylic acids is 2. The summed E-state index contributed by atoms with van der Waals surface area (Å²) >= 11 is 0. The third kappa shape index (κ3) is 7.86. The minimum atomic E-state index is -0.906. The SMILES string of the molecule is COC(=O)[C@H](COCCN)NC(=O)OC(C)(C)C. The van der Waals surface area contributed by atoms with Crippen LogP contribution in [0.1, 0.15) is 20.8 Å². The van der Waals surface area contributed by atoms with E-state index in [1.54, 1.807) is 20.8 Å². The first-order chi connectivity index (χ1) is 8.30. The molecule has 7 nitrogen and oxygen atoms in total. The highest BCUT2D eigenvalue weighted by molar-refractivity contribution is 5.81. The second kappa shape index (κ2) is 7.88. The van der Waals surface area contributed by atoms with Crippen molar-refractivity contribution in [2.24, 2.45) is 5.73 Å². The Kier molecular flexibility index (Phi) is 7.30. The zero-order chi connectivity index (χ0) is 14.2. The Morgan fingerprint density at radius 2 is 1.94 bits per heavy atom. The maximum atomic E-state index is 11.5. The van der Waals surface area contributed by atoms with E-state index >= 15 is 0 Å². The third-order valence-corrected chi connectivity index (χ3v) is 1.72. The van der Waals surface area contributed by atoms with E-state index in [0.717, 1.165) is 0 Å². The Labute approximate surface area is 107 Å². The van der Waals surface area contributed by atoms with Gasteiger partial charge in [0.15, 0.2) is 6.04 Å². The molecule has 0 fully saturated rings. The number of alkyl carbamates (subject to hydrolysis) is 1. The molecule has 0 aliphatic carbocycles. The molecule has 0 aliphatic heterocycles. The summed E-state index contributed by atoms with van der Waals surface area (Å²) in [5.41, 5.74) is 4.62. The van der Waals surface area contributed by atoms with Gasteiger partial charge in [-0.3, -0.25) is 0 Å². The third-order valence-electron chi connectivity index (χ3n) is 1.72. The monoisotopic (exact) mass is 262 g/mol. The van der Waals surface area contributed by atoms with Gasteiger partial charge in [-0.2, -0.15) is 0 Å². The number of ether oxygens (including phenoxy) is 3. The molecule has 0 aromatic carbocycles. The molecule has 0 saturated carbocycles. The molecule has 1 atom stereocenters. The predicted molar refractivity (Wildman–Crippen MR) is 65.0 cm³/mol. The van der Waals surface area contributed by atoms with E-state index in [0.29, 0.717) is 13.2 Å². The van der Waals surface area contributed by atoms with Crippen LogP contribution < -0.4 is 11.1 Å². The molecule has 0 saturated heterocycles. The molecule has 0 aliphatic rings. The number of hydrogen-bond donors (Lipinski definition) is 2. The van der Waals surface area contributed by atoms with Gasteiger partial charge in [0.1, 0.15) is 5.60 Å². The average molecular weight is 262 g/mol. The summed E-state index contributed by atoms with van der Waals surface area (Å²) in [7, 11) is 1.23. The number of hydrogen-bond acceptors (Lipinski definition) is 6. The van der Waals surface area contributed by atoms with Crippen LogP contribution in [0.15, 0.2) is 0 Å². The molecular weight excluding hydrogens is 240 g/mol. The largest absolute Gasteiger partial charge is 0.467 e. The second-order valence-corrected chi connectivity index (χ2v) is 4.59. The zero-order valence-corrected chi connectivity index (χ0v) is 11.3. The summed E-state index contributed by atoms with van der Waals surface area (Å²) in [6.45, 7) is 5.80. The molecule has 7 heteroatoms. The van der Waals surface area contributed by atoms with Crippen molar-refractivity contribution >= 4 is 12.1 Å². The number of nitrogens with two attached hydrogens (primary N) is 1. The summed E-state index contributed by atoms with van der Waals surface area (Å²) in [6.07, 6.45) is -0.700. The summed E-state index contributed by atoms with van der Waals surface area (Å²) in [5, 5.41) is 2.38. The van der Waals surface area contributed by atoms with Crippen LogP contribution in [0.5, 0.6) is 0 Å². The van der Waals surface area contributed by atoms with Gasteiger partial charge in [0.2, 0.25) is 0 Å². The highest BCUT2D eigenvalue weighted by Gasteiger charge is 2.25. The van der Waals surface area contributed by atoms with E-state index in [2.05, 4.69) is 10.1 Å². The van der Waals surface area contributed by atoms with Crippen molar-refractivity contribution in [3.8, 4) is 0 Å². The van der Waals surface area contributed by atoms with Gasteiger partial charge in [0.25, 0.3) is 0 Å². The van der Waals surface area contributed by atoms with Gasteiger partial charge >= 0.3 is 12.1 Å². The van der Waals surface area contributed by atoms with Crippen LogP contribution >= 0.6 is 0 Å². The van der Waals surface area contributed by atoms with Gasteiger partial charge in [-0.05, 0) is 20.8 Å². The normalized spacial score (nSPS) is 12.7. The van der Waals surface area contributed by atoms with E-state index in [4.69, 9.17) is 15.2 Å². The first-order valence-corrected chi connectivity index (χ1v) is 5.65. The summed E-state index contributed by atoms with van der Waals surface area (Å²) in [5.74, 6) is -0.599. The molecule has 0 rings (SSSR count). The van der Waals surface area contributed by atoms with Crippen molar-refractivity contribution in [1.29, 1.82) is 0 Å². The highest BCUT2D eigenvalue weighted by Crippen LogP contribution is 2.07. The van der Waals surface area contributed by atoms with Crippen molar-refractivity contribution < 1.29 is 23.8 Å². The summed E-state index contributed by atoms with van der Waals surface area (Å²) in [6, 6.07) is -0.906. The fraction of sp³-hybridized carbons (Fsp3) is 0.818. The van der Waals surface area contributed by atoms with Crippen LogP contribution in [0.25, 0.3) is 0 Å². The average Bonchev–Trinajstić information content (AvgIpc) is 2.24. The lowest BCUT2D eigenvalue weighted by molar-refractivity contribution is -0.144. The number of esters is 1. The summed E-state index contributed by atoms with van der Waals surface area (Å²) in [4.78, 5) is 22.9. The molecular formula is C11H22N2O5. The molecule has 0 spiro atoms. The van der Waals surface area contributed by atoms with E-state index < -0.39 is 23.7 Å². The standard InChI is InChI=1S/C11H22N2O5/c1-11(2,3)18-10(15)13-8(9(14)16-4)7-17-6-5-12/h8H,5-7,12H2,1-4H3,(H,13,15)/t8-/m0/s1. The molecule has 106 valence electrons. The maximum absolute atomic E-state index is 11.5. The fourth-order valence-electron chi connectivity index (χ4n) is 1.05. The van der Waals surface area contributed by atoms with Crippen LogP contribution in [0.2, 0.25) is 0 Å². The Morgan fingerprint density at radius 1 is 1.33 bits per heavy atom. The van der Waals surface area contributed by atoms with Gasteiger partial charge in [-0.15, -0.1) is 0 Å². The lowest BCUT2D eigenvalue weighted by Crippen LogP contribution is -2.46. The van der Waals surface area contributed by atoms with Crippen LogP contribution in [-0.2, 0) is 19.0 Å². The molecule has 0 aromatic heterocycles. The Morgan fingerprint density at radius 3 is 2.39 bits per heavy atom. The topological polar surface area (TPSA) is 99.9 Å². The molecule has 0 bridgehead atoms. The highest BCUT2D eigenvalue weighted by atomic mass is 16.6. The number of methoxy groups -OCH3 is 1. The van der Waals surface area contributed by atoms with Gasteiger partial charge in [0.05, 0.1) is 20.3 Å². The van der Waals surface area contributed by atoms with E-state index in [1.165, 1.54) is 7.11 Å². The van der Waals surface area contributed by atoms with E-state index in [9.17, 15) is 9.59 Å². The van der Waals surface area contributed by atoms with E-state index in [1.807, 2.05) is 0 Å². The molecule has 3 N–H and O–H groups in total. The number of nitrogens with one attached hydrogen (secondary N) is 1. The molecule has 0 aromatic rings. The van der Waals surface area contributed by atoms with Crippen LogP contribution in [0, 0.1) is 0 Å². The van der Waals surface area contributed by atoms with Gasteiger partial charge in [-0.1, -0.05) is 0 Å². The molecule has 0 unspecified atom stereocenters. The number of rotatable bonds is 6. The second-order valence-electron chi connectivity index (χ2n) is 4.59. The predicted octanol–water partition coefficient (Wildman–Crippen LogP) is 0.0280. The Balaban J connectivity index is 4.31. The van der Waals surface area contributed by atoms with Crippen LogP contribution in [0.3, 0.4) is 0 Å². The van der Waals surface area contributed by atoms with Gasteiger partial charge < -0.3 is 25.3 Å². The molecule has 1 amide bonds. The lowest BCUT2D eigenvalue weighted by Gasteiger charge is -2.22. The Bertz CT molecular complexity index is 275. The first-order valence-electron chi connectivity index (χ1n) is 5.65. The van der Waals surface area contributed by atoms with Gasteiger partial charge in [0, 0.05) is 6.54 Å². The van der Waals surface area contributed by atoms with Crippen molar-refractivity contribution in [1.82, 2.24) is 5.32 Å². The van der Waals surface area contributed by atoms with Crippen molar-refractivity contribution in [2.45, 2.75) is 32.4 Å². The summed E-state index contributed by atoms with van der Waals surface area (Å²) < 4.78 is 14.7. The van der Waals surface area contributed by atoms with Crippen molar-refractivity contribution in [3.05, 3.63) is 0 Å². The minimum absolute atomic E-state index is 0.0108. The quantitative estimate of drug-likeness (QED) is 0.517. The smallest absolute Gasteiger partial charge is 0.408 e. The zero-order valence-electron chi connectivity index (χ0n) is 11.3. The Hall–Kier alpha value is -1.34. The lowest BCUT2D eigenvalue weighted by atomic mass is 10.2. The molecule has 0 radical (unpaired) electrons. The fourth-order valence-corrected chi connectivity index (χ4v) is 1.05. The molecule has 0 heterocycles.